The monoisotopic (exact) mass is 391 g/mol. The first-order valence-electron chi connectivity index (χ1n) is 10.7. The van der Waals surface area contributed by atoms with Gasteiger partial charge in [-0.1, -0.05) is 84.0 Å². The standard InChI is InChI=1S/C20H41NO4S/c1-2-3-4-5-6-7-8-9-10-11-12-13-14-17-20(22)21-18-15-16-19-26(23,24)25/h2-19H2,1H3,(H,21,22)(H,23,24,25). The molecule has 0 aromatic rings. The molecule has 0 rings (SSSR count). The maximum Gasteiger partial charge on any atom is 0.264 e. The van der Waals surface area contributed by atoms with E-state index < -0.39 is 10.1 Å². The van der Waals surface area contributed by atoms with Crippen LogP contribution in [0.4, 0.5) is 0 Å². The van der Waals surface area contributed by atoms with Crippen molar-refractivity contribution < 1.29 is 17.8 Å². The van der Waals surface area contributed by atoms with Crippen molar-refractivity contribution in [3.8, 4) is 0 Å². The Hall–Kier alpha value is -0.620. The summed E-state index contributed by atoms with van der Waals surface area (Å²) < 4.78 is 29.7. The zero-order valence-electron chi connectivity index (χ0n) is 16.8. The van der Waals surface area contributed by atoms with E-state index in [0.717, 1.165) is 12.8 Å². The average Bonchev–Trinajstić information content (AvgIpc) is 2.57. The summed E-state index contributed by atoms with van der Waals surface area (Å²) in [7, 11) is -3.87. The quantitative estimate of drug-likeness (QED) is 0.233. The molecular weight excluding hydrogens is 350 g/mol. The topological polar surface area (TPSA) is 83.5 Å². The molecule has 0 heterocycles. The Morgan fingerprint density at radius 3 is 1.65 bits per heavy atom. The van der Waals surface area contributed by atoms with Gasteiger partial charge < -0.3 is 5.32 Å². The van der Waals surface area contributed by atoms with Gasteiger partial charge in [-0.2, -0.15) is 8.42 Å². The second-order valence-electron chi connectivity index (χ2n) is 7.34. The highest BCUT2D eigenvalue weighted by atomic mass is 32.2. The molecule has 26 heavy (non-hydrogen) atoms. The molecule has 0 fully saturated rings. The molecule has 0 aromatic carbocycles. The van der Waals surface area contributed by atoms with Crippen molar-refractivity contribution >= 4 is 16.0 Å². The second-order valence-corrected chi connectivity index (χ2v) is 8.91. The molecule has 0 radical (unpaired) electrons. The van der Waals surface area contributed by atoms with E-state index in [2.05, 4.69) is 12.2 Å². The van der Waals surface area contributed by atoms with Gasteiger partial charge in [-0.25, -0.2) is 0 Å². The third kappa shape index (κ3) is 21.4. The number of rotatable bonds is 19. The summed E-state index contributed by atoms with van der Waals surface area (Å²) in [5, 5.41) is 2.80. The fraction of sp³-hybridized carbons (Fsp3) is 0.950. The normalized spacial score (nSPS) is 11.6. The summed E-state index contributed by atoms with van der Waals surface area (Å²) in [4.78, 5) is 11.6. The van der Waals surface area contributed by atoms with E-state index in [0.29, 0.717) is 25.8 Å². The number of carbonyl (C=O) groups is 1. The Morgan fingerprint density at radius 2 is 1.19 bits per heavy atom. The van der Waals surface area contributed by atoms with Gasteiger partial charge in [0.25, 0.3) is 10.1 Å². The smallest absolute Gasteiger partial charge is 0.264 e. The molecule has 1 amide bonds. The molecule has 0 aromatic heterocycles. The third-order valence-corrected chi connectivity index (χ3v) is 5.46. The maximum absolute atomic E-state index is 11.6. The Bertz CT molecular complexity index is 424. The molecule has 156 valence electrons. The second kappa shape index (κ2) is 17.8. The number of hydrogen-bond donors (Lipinski definition) is 2. The van der Waals surface area contributed by atoms with Crippen molar-refractivity contribution in [2.75, 3.05) is 12.3 Å². The van der Waals surface area contributed by atoms with Crippen LogP contribution in [0.3, 0.4) is 0 Å². The van der Waals surface area contributed by atoms with Crippen LogP contribution in [0.2, 0.25) is 0 Å². The molecule has 0 unspecified atom stereocenters. The lowest BCUT2D eigenvalue weighted by Gasteiger charge is -2.05. The lowest BCUT2D eigenvalue weighted by atomic mass is 10.0. The summed E-state index contributed by atoms with van der Waals surface area (Å²) >= 11 is 0. The van der Waals surface area contributed by atoms with Gasteiger partial charge in [-0.15, -0.1) is 0 Å². The van der Waals surface area contributed by atoms with Crippen molar-refractivity contribution in [2.24, 2.45) is 0 Å². The lowest BCUT2D eigenvalue weighted by molar-refractivity contribution is -0.121. The molecule has 0 saturated carbocycles. The maximum atomic E-state index is 11.6. The average molecular weight is 392 g/mol. The zero-order chi connectivity index (χ0) is 19.5. The predicted molar refractivity (Wildman–Crippen MR) is 109 cm³/mol. The van der Waals surface area contributed by atoms with Gasteiger partial charge in [0.2, 0.25) is 5.91 Å². The van der Waals surface area contributed by atoms with E-state index in [1.54, 1.807) is 0 Å². The van der Waals surface area contributed by atoms with Crippen molar-refractivity contribution in [2.45, 2.75) is 110 Å². The van der Waals surface area contributed by atoms with E-state index in [-0.39, 0.29) is 11.7 Å². The summed E-state index contributed by atoms with van der Waals surface area (Å²) in [5.74, 6) is -0.193. The Labute approximate surface area is 161 Å². The molecule has 0 aliphatic rings. The van der Waals surface area contributed by atoms with Crippen LogP contribution in [0.5, 0.6) is 0 Å². The van der Waals surface area contributed by atoms with Crippen LogP contribution in [0.25, 0.3) is 0 Å². The molecule has 2 N–H and O–H groups in total. The van der Waals surface area contributed by atoms with E-state index in [9.17, 15) is 13.2 Å². The highest BCUT2D eigenvalue weighted by Crippen LogP contribution is 2.12. The van der Waals surface area contributed by atoms with Gasteiger partial charge in [0.15, 0.2) is 0 Å². The molecule has 0 saturated heterocycles. The fourth-order valence-electron chi connectivity index (χ4n) is 3.03. The summed E-state index contributed by atoms with van der Waals surface area (Å²) in [5.41, 5.74) is 0. The Morgan fingerprint density at radius 1 is 0.731 bits per heavy atom. The fourth-order valence-corrected chi connectivity index (χ4v) is 3.60. The Kier molecular flexibility index (Phi) is 17.4. The molecule has 0 aliphatic heterocycles. The van der Waals surface area contributed by atoms with E-state index in [1.807, 2.05) is 0 Å². The van der Waals surface area contributed by atoms with Crippen LogP contribution < -0.4 is 5.32 Å². The number of carbonyl (C=O) groups excluding carboxylic acids is 1. The first kappa shape index (κ1) is 25.4. The molecule has 5 nitrogen and oxygen atoms in total. The molecule has 6 heteroatoms. The largest absolute Gasteiger partial charge is 0.356 e. The van der Waals surface area contributed by atoms with Gasteiger partial charge in [0, 0.05) is 13.0 Å². The SMILES string of the molecule is CCCCCCCCCCCCCCCC(=O)NCCCCS(=O)(=O)O. The van der Waals surface area contributed by atoms with Crippen molar-refractivity contribution in [3.63, 3.8) is 0 Å². The van der Waals surface area contributed by atoms with E-state index in [4.69, 9.17) is 4.55 Å². The lowest BCUT2D eigenvalue weighted by Crippen LogP contribution is -2.24. The van der Waals surface area contributed by atoms with Gasteiger partial charge in [0.1, 0.15) is 0 Å². The van der Waals surface area contributed by atoms with Gasteiger partial charge in [-0.3, -0.25) is 9.35 Å². The van der Waals surface area contributed by atoms with Crippen LogP contribution in [0.15, 0.2) is 0 Å². The van der Waals surface area contributed by atoms with Crippen molar-refractivity contribution in [1.29, 1.82) is 0 Å². The molecule has 0 atom stereocenters. The van der Waals surface area contributed by atoms with Crippen LogP contribution in [-0.4, -0.2) is 31.2 Å². The summed E-state index contributed by atoms with van der Waals surface area (Å²) in [6, 6.07) is 0. The highest BCUT2D eigenvalue weighted by Gasteiger charge is 2.04. The first-order chi connectivity index (χ1) is 12.5. The third-order valence-electron chi connectivity index (χ3n) is 4.66. The summed E-state index contributed by atoms with van der Waals surface area (Å²) in [6.07, 6.45) is 18.3. The van der Waals surface area contributed by atoms with Crippen LogP contribution in [0.1, 0.15) is 110 Å². The number of amides is 1. The van der Waals surface area contributed by atoms with Crippen molar-refractivity contribution in [1.82, 2.24) is 5.32 Å². The minimum absolute atomic E-state index is 0.0416. The van der Waals surface area contributed by atoms with Gasteiger partial charge in [-0.05, 0) is 19.3 Å². The molecular formula is C20H41NO4S. The van der Waals surface area contributed by atoms with Gasteiger partial charge in [0.05, 0.1) is 5.75 Å². The molecule has 0 bridgehead atoms. The minimum Gasteiger partial charge on any atom is -0.356 e. The van der Waals surface area contributed by atoms with Gasteiger partial charge >= 0.3 is 0 Å². The Balaban J connectivity index is 3.21. The highest BCUT2D eigenvalue weighted by molar-refractivity contribution is 7.85. The number of nitrogens with one attached hydrogen (secondary N) is 1. The van der Waals surface area contributed by atoms with E-state index in [1.165, 1.54) is 70.6 Å². The minimum atomic E-state index is -3.87. The van der Waals surface area contributed by atoms with Crippen molar-refractivity contribution in [3.05, 3.63) is 0 Å². The van der Waals surface area contributed by atoms with Crippen LogP contribution in [-0.2, 0) is 14.9 Å². The number of unbranched alkanes of at least 4 members (excludes halogenated alkanes) is 13. The van der Waals surface area contributed by atoms with Crippen LogP contribution >= 0.6 is 0 Å². The summed E-state index contributed by atoms with van der Waals surface area (Å²) in [6.45, 7) is 2.73. The molecule has 0 spiro atoms. The van der Waals surface area contributed by atoms with Crippen LogP contribution in [0, 0.1) is 0 Å². The van der Waals surface area contributed by atoms with E-state index >= 15 is 0 Å². The zero-order valence-corrected chi connectivity index (χ0v) is 17.6. The first-order valence-corrected chi connectivity index (χ1v) is 12.3. The molecule has 0 aliphatic carbocycles. The predicted octanol–water partition coefficient (Wildman–Crippen LogP) is 5.25. The number of hydrogen-bond acceptors (Lipinski definition) is 3.